The van der Waals surface area contributed by atoms with Gasteiger partial charge in [0.1, 0.15) is 23.0 Å². The number of hydrazone groups is 1. The van der Waals surface area contributed by atoms with E-state index in [0.29, 0.717) is 10.2 Å². The van der Waals surface area contributed by atoms with Gasteiger partial charge in [0.2, 0.25) is 5.96 Å². The Balaban J connectivity index is 0.00000110. The molecule has 0 bridgehead atoms. The maximum Gasteiger partial charge on any atom is 0.339 e. The average molecular weight is 518 g/mol. The summed E-state index contributed by atoms with van der Waals surface area (Å²) in [5, 5.41) is 25.7. The van der Waals surface area contributed by atoms with E-state index >= 15 is 0 Å². The van der Waals surface area contributed by atoms with E-state index in [-0.39, 0.29) is 29.8 Å². The lowest BCUT2D eigenvalue weighted by atomic mass is 10.2. The molecule has 0 spiro atoms. The minimum absolute atomic E-state index is 0.0370. The topological polar surface area (TPSA) is 181 Å². The first kappa shape index (κ1) is 25.6. The Morgan fingerprint density at radius 1 is 1.35 bits per heavy atom. The molecule has 0 unspecified atom stereocenters. The molecule has 0 aromatic heterocycles. The first-order chi connectivity index (χ1) is 14.4. The summed E-state index contributed by atoms with van der Waals surface area (Å²) in [6, 6.07) is 11.0. The predicted molar refractivity (Wildman–Crippen MR) is 116 cm³/mol. The van der Waals surface area contributed by atoms with Gasteiger partial charge in [-0.05, 0) is 42.8 Å². The first-order valence-corrected chi connectivity index (χ1v) is 10.5. The minimum atomic E-state index is -3.98. The zero-order valence-corrected chi connectivity index (χ0v) is 18.7. The lowest BCUT2D eigenvalue weighted by Gasteiger charge is -2.16. The highest BCUT2D eigenvalue weighted by molar-refractivity contribution is 9.10. The van der Waals surface area contributed by atoms with Gasteiger partial charge < -0.3 is 19.9 Å². The van der Waals surface area contributed by atoms with E-state index in [2.05, 4.69) is 27.7 Å². The summed E-state index contributed by atoms with van der Waals surface area (Å²) >= 11 is 3.24. The van der Waals surface area contributed by atoms with Crippen molar-refractivity contribution in [2.75, 3.05) is 13.2 Å². The molecular weight excluding hydrogens is 498 g/mol. The number of rotatable bonds is 8. The van der Waals surface area contributed by atoms with E-state index in [9.17, 15) is 8.42 Å². The standard InChI is InChI=1S/C17H19BrN4O4S.HNO3/c1-12-8-14(25-7-6-22(21-2)17(19)20)11-15(9-12)26-27(23,24)16-5-3-4-13(18)10-16;2-1(3)4/h3-5,8-11H,2,6-7H2,1H3,(H3,19,20);(H,2,3,4). The van der Waals surface area contributed by atoms with Crippen LogP contribution in [0.2, 0.25) is 0 Å². The van der Waals surface area contributed by atoms with Crippen LogP contribution in [0.15, 0.2) is 56.9 Å². The molecule has 0 radical (unpaired) electrons. The van der Waals surface area contributed by atoms with Gasteiger partial charge in [-0.1, -0.05) is 22.0 Å². The quantitative estimate of drug-likeness (QED) is 0.155. The molecule has 2 aromatic rings. The van der Waals surface area contributed by atoms with Crippen LogP contribution >= 0.6 is 15.9 Å². The molecule has 0 saturated carbocycles. The fourth-order valence-corrected chi connectivity index (χ4v) is 3.67. The van der Waals surface area contributed by atoms with Crippen LogP contribution in [0.3, 0.4) is 0 Å². The van der Waals surface area contributed by atoms with Gasteiger partial charge in [-0.15, -0.1) is 10.1 Å². The van der Waals surface area contributed by atoms with Crippen LogP contribution in [0.1, 0.15) is 5.56 Å². The maximum absolute atomic E-state index is 12.4. The summed E-state index contributed by atoms with van der Waals surface area (Å²) in [6.45, 7) is 5.50. The van der Waals surface area contributed by atoms with E-state index in [1.54, 1.807) is 31.2 Å². The second kappa shape index (κ2) is 11.7. The van der Waals surface area contributed by atoms with Crippen LogP contribution in [-0.4, -0.2) is 49.5 Å². The van der Waals surface area contributed by atoms with Gasteiger partial charge in [-0.3, -0.25) is 5.41 Å². The zero-order chi connectivity index (χ0) is 23.6. The number of hydrogen-bond acceptors (Lipinski definition) is 8. The number of benzene rings is 2. The van der Waals surface area contributed by atoms with Crippen molar-refractivity contribution in [3.8, 4) is 11.5 Å². The van der Waals surface area contributed by atoms with Crippen LogP contribution in [0, 0.1) is 22.4 Å². The average Bonchev–Trinajstić information content (AvgIpc) is 2.63. The molecule has 31 heavy (non-hydrogen) atoms. The largest absolute Gasteiger partial charge is 0.492 e. The lowest BCUT2D eigenvalue weighted by molar-refractivity contribution is -0.742. The molecule has 12 nitrogen and oxygen atoms in total. The monoisotopic (exact) mass is 517 g/mol. The van der Waals surface area contributed by atoms with Crippen molar-refractivity contribution in [3.05, 3.63) is 62.6 Å². The summed E-state index contributed by atoms with van der Waals surface area (Å²) in [5.41, 5.74) is 6.10. The molecule has 2 aromatic carbocycles. The number of aryl methyl sites for hydroxylation is 1. The minimum Gasteiger partial charge on any atom is -0.492 e. The fourth-order valence-electron chi connectivity index (χ4n) is 2.16. The Labute approximate surface area is 186 Å². The van der Waals surface area contributed by atoms with E-state index in [4.69, 9.17) is 35.4 Å². The van der Waals surface area contributed by atoms with Gasteiger partial charge in [0.25, 0.3) is 5.09 Å². The third kappa shape index (κ3) is 9.31. The Morgan fingerprint density at radius 2 is 1.97 bits per heavy atom. The molecular formula is C17H20BrN5O7S. The number of nitrogens with zero attached hydrogens (tertiary/aromatic N) is 3. The highest BCUT2D eigenvalue weighted by Crippen LogP contribution is 2.26. The van der Waals surface area contributed by atoms with Crippen LogP contribution in [0.4, 0.5) is 0 Å². The van der Waals surface area contributed by atoms with E-state index in [0.717, 1.165) is 5.56 Å². The number of halogens is 1. The number of nitrogens with one attached hydrogen (secondary N) is 1. The van der Waals surface area contributed by atoms with Crippen LogP contribution in [0.25, 0.3) is 0 Å². The van der Waals surface area contributed by atoms with Crippen LogP contribution < -0.4 is 14.7 Å². The van der Waals surface area contributed by atoms with Gasteiger partial charge in [-0.2, -0.15) is 13.5 Å². The van der Waals surface area contributed by atoms with Crippen molar-refractivity contribution in [1.29, 1.82) is 5.41 Å². The van der Waals surface area contributed by atoms with E-state index in [1.807, 2.05) is 0 Å². The second-order valence-corrected chi connectivity index (χ2v) is 8.17. The van der Waals surface area contributed by atoms with Crippen molar-refractivity contribution in [1.82, 2.24) is 5.01 Å². The van der Waals surface area contributed by atoms with Crippen molar-refractivity contribution in [2.45, 2.75) is 11.8 Å². The molecule has 0 atom stereocenters. The van der Waals surface area contributed by atoms with Crippen molar-refractivity contribution < 1.29 is 27.6 Å². The van der Waals surface area contributed by atoms with Crippen molar-refractivity contribution in [3.63, 3.8) is 0 Å². The van der Waals surface area contributed by atoms with Gasteiger partial charge >= 0.3 is 10.1 Å². The molecule has 4 N–H and O–H groups in total. The summed E-state index contributed by atoms with van der Waals surface area (Å²) in [4.78, 5) is 8.40. The highest BCUT2D eigenvalue weighted by Gasteiger charge is 2.17. The van der Waals surface area contributed by atoms with Gasteiger partial charge in [0, 0.05) is 17.3 Å². The number of ether oxygens (including phenoxy) is 1. The molecule has 0 aliphatic carbocycles. The maximum atomic E-state index is 12.4. The third-order valence-corrected chi connectivity index (χ3v) is 5.07. The molecule has 0 saturated heterocycles. The molecule has 0 amide bonds. The molecule has 0 aliphatic heterocycles. The summed E-state index contributed by atoms with van der Waals surface area (Å²) in [5.74, 6) is 0.305. The number of nitrogens with two attached hydrogens (primary N) is 1. The van der Waals surface area contributed by atoms with E-state index < -0.39 is 15.2 Å². The zero-order valence-electron chi connectivity index (χ0n) is 16.3. The molecule has 0 heterocycles. The Morgan fingerprint density at radius 3 is 2.52 bits per heavy atom. The van der Waals surface area contributed by atoms with Crippen LogP contribution in [0.5, 0.6) is 11.5 Å². The van der Waals surface area contributed by atoms with E-state index in [1.165, 1.54) is 23.2 Å². The van der Waals surface area contributed by atoms with Crippen molar-refractivity contribution in [2.24, 2.45) is 10.8 Å². The normalized spacial score (nSPS) is 10.3. The van der Waals surface area contributed by atoms with Gasteiger partial charge in [0.05, 0.1) is 6.54 Å². The smallest absolute Gasteiger partial charge is 0.339 e. The molecule has 14 heteroatoms. The van der Waals surface area contributed by atoms with Crippen LogP contribution in [-0.2, 0) is 10.1 Å². The Bertz CT molecular complexity index is 1040. The highest BCUT2D eigenvalue weighted by atomic mass is 79.9. The fraction of sp³-hybridized carbons (Fsp3) is 0.176. The third-order valence-electron chi connectivity index (χ3n) is 3.34. The summed E-state index contributed by atoms with van der Waals surface area (Å²) in [6.07, 6.45) is 0. The van der Waals surface area contributed by atoms with Crippen molar-refractivity contribution >= 4 is 38.7 Å². The summed E-state index contributed by atoms with van der Waals surface area (Å²) in [7, 11) is -3.98. The molecule has 168 valence electrons. The number of hydrogen-bond donors (Lipinski definition) is 3. The second-order valence-electron chi connectivity index (χ2n) is 5.71. The van der Waals surface area contributed by atoms with Gasteiger partial charge in [-0.25, -0.2) is 5.01 Å². The predicted octanol–water partition coefficient (Wildman–Crippen LogP) is 2.37. The molecule has 2 rings (SSSR count). The Hall–Kier alpha value is -3.39. The molecule has 0 fully saturated rings. The SMILES string of the molecule is C=NN(CCOc1cc(C)cc(OS(=O)(=O)c2cccc(Br)c2)c1)C(=N)N.O=[N+]([O-])O. The number of guanidine groups is 1. The van der Waals surface area contributed by atoms with Gasteiger partial charge in [0.15, 0.2) is 0 Å². The lowest BCUT2D eigenvalue weighted by Crippen LogP contribution is -2.34. The first-order valence-electron chi connectivity index (χ1n) is 8.30. The Kier molecular flexibility index (Phi) is 9.69. The summed E-state index contributed by atoms with van der Waals surface area (Å²) < 4.78 is 36.3. The molecule has 0 aliphatic rings.